The van der Waals surface area contributed by atoms with Crippen molar-refractivity contribution < 1.29 is 19.0 Å². The summed E-state index contributed by atoms with van der Waals surface area (Å²) in [7, 11) is 0. The summed E-state index contributed by atoms with van der Waals surface area (Å²) in [6.45, 7) is 5.69. The first-order chi connectivity index (χ1) is 11.7. The van der Waals surface area contributed by atoms with Crippen molar-refractivity contribution in [1.82, 2.24) is 10.2 Å². The Balaban J connectivity index is 1.35. The Hall–Kier alpha value is -1.79. The van der Waals surface area contributed by atoms with Crippen LogP contribution in [0.3, 0.4) is 0 Å². The maximum Gasteiger partial charge on any atom is 0.317 e. The molecule has 0 unspecified atom stereocenters. The van der Waals surface area contributed by atoms with Gasteiger partial charge in [-0.15, -0.1) is 0 Å². The Labute approximate surface area is 143 Å². The molecule has 1 aromatic rings. The number of likely N-dealkylation sites (tertiary alicyclic amines) is 1. The van der Waals surface area contributed by atoms with Gasteiger partial charge in [-0.05, 0) is 24.1 Å². The lowest BCUT2D eigenvalue weighted by atomic mass is 10.0. The topological polar surface area (TPSA) is 60.0 Å². The van der Waals surface area contributed by atoms with Gasteiger partial charge in [-0.25, -0.2) is 4.79 Å². The molecule has 3 rings (SSSR count). The first kappa shape index (κ1) is 17.0. The number of piperidine rings is 1. The summed E-state index contributed by atoms with van der Waals surface area (Å²) in [5.41, 5.74) is 1.25. The smallest absolute Gasteiger partial charge is 0.317 e. The van der Waals surface area contributed by atoms with Crippen LogP contribution in [0.5, 0.6) is 5.75 Å². The number of hydrogen-bond acceptors (Lipinski definition) is 4. The van der Waals surface area contributed by atoms with Crippen LogP contribution in [0.2, 0.25) is 0 Å². The van der Waals surface area contributed by atoms with E-state index in [0.29, 0.717) is 39.5 Å². The molecule has 1 N–H and O–H groups in total. The predicted molar refractivity (Wildman–Crippen MR) is 90.2 cm³/mol. The molecule has 2 fully saturated rings. The Kier molecular flexibility index (Phi) is 5.58. The molecule has 1 spiro atoms. The van der Waals surface area contributed by atoms with Crippen LogP contribution in [0.25, 0.3) is 0 Å². The van der Waals surface area contributed by atoms with E-state index in [-0.39, 0.29) is 6.03 Å². The van der Waals surface area contributed by atoms with Crippen molar-refractivity contribution in [3.8, 4) is 5.75 Å². The van der Waals surface area contributed by atoms with Crippen molar-refractivity contribution >= 4 is 6.03 Å². The number of carbonyl (C=O) groups is 1. The summed E-state index contributed by atoms with van der Waals surface area (Å²) >= 11 is 0. The zero-order valence-electron chi connectivity index (χ0n) is 14.3. The van der Waals surface area contributed by atoms with E-state index < -0.39 is 5.79 Å². The molecule has 0 saturated carbocycles. The van der Waals surface area contributed by atoms with Crippen molar-refractivity contribution in [3.63, 3.8) is 0 Å². The number of benzene rings is 1. The SMILES string of the molecule is CCc1cccc(OCCNC(=O)N2CCC3(CC2)OCCO3)c1. The highest BCUT2D eigenvalue weighted by molar-refractivity contribution is 5.74. The van der Waals surface area contributed by atoms with E-state index in [0.717, 1.165) is 25.0 Å². The van der Waals surface area contributed by atoms with Gasteiger partial charge in [-0.2, -0.15) is 0 Å². The van der Waals surface area contributed by atoms with Gasteiger partial charge in [-0.3, -0.25) is 0 Å². The number of aryl methyl sites for hydroxylation is 1. The third-order valence-electron chi connectivity index (χ3n) is 4.58. The van der Waals surface area contributed by atoms with E-state index in [2.05, 4.69) is 18.3 Å². The second-order valence-electron chi connectivity index (χ2n) is 6.18. The standard InChI is InChI=1S/C18H26N2O4/c1-2-15-4-3-5-16(14-15)22-11-8-19-17(21)20-9-6-18(7-10-20)23-12-13-24-18/h3-5,14H,2,6-13H2,1H3,(H,19,21). The molecule has 0 aliphatic carbocycles. The quantitative estimate of drug-likeness (QED) is 0.839. The molecule has 1 aromatic carbocycles. The largest absolute Gasteiger partial charge is 0.492 e. The van der Waals surface area contributed by atoms with Crippen LogP contribution in [0, 0.1) is 0 Å². The van der Waals surface area contributed by atoms with Gasteiger partial charge >= 0.3 is 6.03 Å². The normalized spacial score (nSPS) is 19.5. The molecule has 0 bridgehead atoms. The van der Waals surface area contributed by atoms with E-state index in [1.54, 1.807) is 0 Å². The minimum atomic E-state index is -0.440. The molecule has 2 saturated heterocycles. The van der Waals surface area contributed by atoms with Crippen molar-refractivity contribution in [3.05, 3.63) is 29.8 Å². The average molecular weight is 334 g/mol. The predicted octanol–water partition coefficient (Wildman–Crippen LogP) is 2.18. The van der Waals surface area contributed by atoms with Crippen LogP contribution in [0.15, 0.2) is 24.3 Å². The molecule has 6 heteroatoms. The first-order valence-electron chi connectivity index (χ1n) is 8.73. The number of nitrogens with zero attached hydrogens (tertiary/aromatic N) is 1. The molecular formula is C18H26N2O4. The Bertz CT molecular complexity index is 548. The molecule has 2 aliphatic heterocycles. The van der Waals surface area contributed by atoms with Gasteiger partial charge in [0.25, 0.3) is 0 Å². The summed E-state index contributed by atoms with van der Waals surface area (Å²) in [6.07, 6.45) is 2.46. The minimum absolute atomic E-state index is 0.0474. The fourth-order valence-corrected chi connectivity index (χ4v) is 3.13. The summed E-state index contributed by atoms with van der Waals surface area (Å²) in [4.78, 5) is 14.0. The molecule has 0 atom stereocenters. The van der Waals surface area contributed by atoms with Crippen molar-refractivity contribution in [1.29, 1.82) is 0 Å². The second kappa shape index (κ2) is 7.85. The number of carbonyl (C=O) groups excluding carboxylic acids is 1. The highest BCUT2D eigenvalue weighted by Crippen LogP contribution is 2.31. The summed E-state index contributed by atoms with van der Waals surface area (Å²) < 4.78 is 17.0. The third-order valence-corrected chi connectivity index (χ3v) is 4.58. The van der Waals surface area contributed by atoms with Gasteiger partial charge < -0.3 is 24.4 Å². The van der Waals surface area contributed by atoms with E-state index in [4.69, 9.17) is 14.2 Å². The first-order valence-corrected chi connectivity index (χ1v) is 8.73. The second-order valence-corrected chi connectivity index (χ2v) is 6.18. The maximum atomic E-state index is 12.2. The zero-order chi connectivity index (χ0) is 16.8. The van der Waals surface area contributed by atoms with Crippen LogP contribution in [-0.4, -0.2) is 56.2 Å². The molecule has 0 radical (unpaired) electrons. The molecule has 132 valence electrons. The lowest BCUT2D eigenvalue weighted by molar-refractivity contribution is -0.181. The van der Waals surface area contributed by atoms with Gasteiger partial charge in [0.15, 0.2) is 5.79 Å². The van der Waals surface area contributed by atoms with Crippen LogP contribution in [0.1, 0.15) is 25.3 Å². The monoisotopic (exact) mass is 334 g/mol. The summed E-state index contributed by atoms with van der Waals surface area (Å²) in [6, 6.07) is 7.99. The highest BCUT2D eigenvalue weighted by atomic mass is 16.7. The van der Waals surface area contributed by atoms with Gasteiger partial charge in [0.1, 0.15) is 12.4 Å². The van der Waals surface area contributed by atoms with Crippen molar-refractivity contribution in [2.75, 3.05) is 39.5 Å². The molecule has 6 nitrogen and oxygen atoms in total. The van der Waals surface area contributed by atoms with Crippen molar-refractivity contribution in [2.24, 2.45) is 0 Å². The lowest BCUT2D eigenvalue weighted by Gasteiger charge is -2.37. The molecule has 24 heavy (non-hydrogen) atoms. The summed E-state index contributed by atoms with van der Waals surface area (Å²) in [5, 5.41) is 2.91. The number of nitrogens with one attached hydrogen (secondary N) is 1. The molecule has 0 aromatic heterocycles. The lowest BCUT2D eigenvalue weighted by Crippen LogP contribution is -2.50. The number of ether oxygens (including phenoxy) is 3. The van der Waals surface area contributed by atoms with Gasteiger partial charge in [0, 0.05) is 25.9 Å². The fourth-order valence-electron chi connectivity index (χ4n) is 3.13. The van der Waals surface area contributed by atoms with Crippen LogP contribution in [0.4, 0.5) is 4.79 Å². The Morgan fingerprint density at radius 1 is 1.29 bits per heavy atom. The molecular weight excluding hydrogens is 308 g/mol. The van der Waals surface area contributed by atoms with E-state index >= 15 is 0 Å². The molecule has 2 aliphatic rings. The third kappa shape index (κ3) is 4.19. The summed E-state index contributed by atoms with van der Waals surface area (Å²) in [5.74, 6) is 0.406. The maximum absolute atomic E-state index is 12.2. The number of rotatable bonds is 5. The van der Waals surface area contributed by atoms with Crippen molar-refractivity contribution in [2.45, 2.75) is 32.0 Å². The number of amides is 2. The van der Waals surface area contributed by atoms with Gasteiger partial charge in [0.05, 0.1) is 19.8 Å². The van der Waals surface area contributed by atoms with Crippen LogP contribution in [-0.2, 0) is 15.9 Å². The molecule has 2 amide bonds. The van der Waals surface area contributed by atoms with E-state index in [1.165, 1.54) is 5.56 Å². The van der Waals surface area contributed by atoms with Crippen LogP contribution < -0.4 is 10.1 Å². The molecule has 2 heterocycles. The fraction of sp³-hybridized carbons (Fsp3) is 0.611. The minimum Gasteiger partial charge on any atom is -0.492 e. The number of urea groups is 1. The zero-order valence-corrected chi connectivity index (χ0v) is 14.3. The van der Waals surface area contributed by atoms with Gasteiger partial charge in [-0.1, -0.05) is 19.1 Å². The van der Waals surface area contributed by atoms with E-state index in [9.17, 15) is 4.79 Å². The number of hydrogen-bond donors (Lipinski definition) is 1. The van der Waals surface area contributed by atoms with E-state index in [1.807, 2.05) is 23.1 Å². The average Bonchev–Trinajstić information content (AvgIpc) is 3.07. The van der Waals surface area contributed by atoms with Gasteiger partial charge in [0.2, 0.25) is 0 Å². The Morgan fingerprint density at radius 3 is 2.75 bits per heavy atom. The Morgan fingerprint density at radius 2 is 2.04 bits per heavy atom. The van der Waals surface area contributed by atoms with Crippen LogP contribution >= 0.6 is 0 Å². The highest BCUT2D eigenvalue weighted by Gasteiger charge is 2.40.